The average molecular weight is 380 g/mol. The summed E-state index contributed by atoms with van der Waals surface area (Å²) in [6, 6.07) is 7.36. The van der Waals surface area contributed by atoms with E-state index in [9.17, 15) is 14.4 Å². The van der Waals surface area contributed by atoms with Crippen molar-refractivity contribution in [1.82, 2.24) is 9.13 Å². The highest BCUT2D eigenvalue weighted by atomic mass is 35.5. The van der Waals surface area contributed by atoms with E-state index in [0.717, 1.165) is 10.1 Å². The Morgan fingerprint density at radius 1 is 1.27 bits per heavy atom. The molecule has 0 aliphatic carbocycles. The molecule has 1 aromatic carbocycles. The fraction of sp³-hybridized carbons (Fsp3) is 0.389. The molecular weight excluding hydrogens is 356 g/mol. The predicted octanol–water partition coefficient (Wildman–Crippen LogP) is 0.700. The molecule has 140 valence electrons. The number of rotatable bonds is 7. The van der Waals surface area contributed by atoms with Gasteiger partial charge in [-0.2, -0.15) is 0 Å². The predicted molar refractivity (Wildman–Crippen MR) is 102 cm³/mol. The van der Waals surface area contributed by atoms with Gasteiger partial charge in [-0.25, -0.2) is 4.79 Å². The summed E-state index contributed by atoms with van der Waals surface area (Å²) in [5, 5.41) is 2.46. The number of nitrogen functional groups attached to an aromatic ring is 1. The summed E-state index contributed by atoms with van der Waals surface area (Å²) in [4.78, 5) is 37.2. The van der Waals surface area contributed by atoms with Crippen molar-refractivity contribution in [1.29, 1.82) is 0 Å². The normalized spacial score (nSPS) is 12.2. The Kier molecular flexibility index (Phi) is 6.39. The Labute approximate surface area is 156 Å². The Balaban J connectivity index is 2.25. The van der Waals surface area contributed by atoms with E-state index in [1.54, 1.807) is 12.1 Å². The lowest BCUT2D eigenvalue weighted by Gasteiger charge is -2.14. The average Bonchev–Trinajstić information content (AvgIpc) is 2.62. The second-order valence-electron chi connectivity index (χ2n) is 6.26. The van der Waals surface area contributed by atoms with E-state index in [4.69, 9.17) is 17.3 Å². The molecule has 26 heavy (non-hydrogen) atoms. The van der Waals surface area contributed by atoms with Gasteiger partial charge in [-0.05, 0) is 25.5 Å². The van der Waals surface area contributed by atoms with Crippen LogP contribution in [-0.4, -0.2) is 21.5 Å². The van der Waals surface area contributed by atoms with Gasteiger partial charge in [0.1, 0.15) is 24.0 Å². The molecule has 0 unspecified atom stereocenters. The lowest BCUT2D eigenvalue weighted by molar-refractivity contribution is -0.681. The molecule has 2 aromatic rings. The molecule has 1 atom stereocenters. The molecule has 0 saturated heterocycles. The first-order chi connectivity index (χ1) is 12.3. The third-order valence-electron chi connectivity index (χ3n) is 4.36. The lowest BCUT2D eigenvalue weighted by atomic mass is 10.1. The summed E-state index contributed by atoms with van der Waals surface area (Å²) in [7, 11) is 1.35. The standard InChI is InChI=1S/C18H23ClN4O3/c1-4-9-23-16(20)15(17(25)22(3)18(23)26)14(24)10-21-11(2)12-5-7-13(19)8-6-12/h5-8,11,21H,4,9-10,20H2,1-3H3/p+1/t11-/m0/s1. The molecular formula is C18H24ClN4O3+. The van der Waals surface area contributed by atoms with Gasteiger partial charge in [0.25, 0.3) is 5.56 Å². The fourth-order valence-corrected chi connectivity index (χ4v) is 2.90. The van der Waals surface area contributed by atoms with E-state index in [2.05, 4.69) is 0 Å². The minimum Gasteiger partial charge on any atom is -0.384 e. The quantitative estimate of drug-likeness (QED) is 0.691. The number of ketones is 1. The smallest absolute Gasteiger partial charge is 0.332 e. The summed E-state index contributed by atoms with van der Waals surface area (Å²) in [6.45, 7) is 4.24. The monoisotopic (exact) mass is 379 g/mol. The van der Waals surface area contributed by atoms with Gasteiger partial charge in [-0.1, -0.05) is 30.7 Å². The van der Waals surface area contributed by atoms with Crippen molar-refractivity contribution in [2.45, 2.75) is 32.9 Å². The number of hydrogen-bond acceptors (Lipinski definition) is 4. The van der Waals surface area contributed by atoms with Crippen LogP contribution in [0, 0.1) is 0 Å². The zero-order valence-electron chi connectivity index (χ0n) is 15.2. The molecule has 0 aliphatic heterocycles. The van der Waals surface area contributed by atoms with Crippen molar-refractivity contribution in [2.24, 2.45) is 7.05 Å². The van der Waals surface area contributed by atoms with Gasteiger partial charge in [0.2, 0.25) is 5.78 Å². The van der Waals surface area contributed by atoms with Crippen LogP contribution in [0.3, 0.4) is 0 Å². The van der Waals surface area contributed by atoms with Crippen LogP contribution in [0.2, 0.25) is 5.02 Å². The highest BCUT2D eigenvalue weighted by Crippen LogP contribution is 2.13. The van der Waals surface area contributed by atoms with Gasteiger partial charge in [-0.3, -0.25) is 18.7 Å². The highest BCUT2D eigenvalue weighted by molar-refractivity contribution is 6.30. The number of nitrogens with two attached hydrogens (primary N) is 2. The molecule has 0 aliphatic rings. The number of hydrogen-bond donors (Lipinski definition) is 2. The number of Topliss-reactive ketones (excluding diaryl/α,β-unsaturated/α-hetero) is 1. The zero-order chi connectivity index (χ0) is 19.4. The summed E-state index contributed by atoms with van der Waals surface area (Å²) in [6.07, 6.45) is 0.662. The maximum Gasteiger partial charge on any atom is 0.332 e. The van der Waals surface area contributed by atoms with Crippen molar-refractivity contribution in [3.63, 3.8) is 0 Å². The molecule has 2 rings (SSSR count). The van der Waals surface area contributed by atoms with E-state index >= 15 is 0 Å². The second kappa shape index (κ2) is 8.33. The van der Waals surface area contributed by atoms with Gasteiger partial charge < -0.3 is 11.1 Å². The Morgan fingerprint density at radius 2 is 1.88 bits per heavy atom. The largest absolute Gasteiger partial charge is 0.384 e. The van der Waals surface area contributed by atoms with Crippen molar-refractivity contribution < 1.29 is 10.1 Å². The Hall–Kier alpha value is -2.38. The van der Waals surface area contributed by atoms with Crippen molar-refractivity contribution in [3.8, 4) is 0 Å². The third kappa shape index (κ3) is 4.05. The maximum absolute atomic E-state index is 12.6. The van der Waals surface area contributed by atoms with Crippen molar-refractivity contribution >= 4 is 23.2 Å². The molecule has 1 aromatic heterocycles. The molecule has 0 spiro atoms. The zero-order valence-corrected chi connectivity index (χ0v) is 15.9. The van der Waals surface area contributed by atoms with Gasteiger partial charge in [0.05, 0.1) is 0 Å². The summed E-state index contributed by atoms with van der Waals surface area (Å²) in [5.41, 5.74) is 5.70. The molecule has 0 saturated carbocycles. The number of nitrogens with zero attached hydrogens (tertiary/aromatic N) is 2. The van der Waals surface area contributed by atoms with Gasteiger partial charge in [0, 0.05) is 24.2 Å². The topological polar surface area (TPSA) is 104 Å². The van der Waals surface area contributed by atoms with Crippen LogP contribution in [0.4, 0.5) is 5.82 Å². The Morgan fingerprint density at radius 3 is 2.46 bits per heavy atom. The van der Waals surface area contributed by atoms with E-state index in [-0.39, 0.29) is 24.0 Å². The lowest BCUT2D eigenvalue weighted by Crippen LogP contribution is -2.86. The van der Waals surface area contributed by atoms with E-state index in [1.165, 1.54) is 11.6 Å². The molecule has 0 fully saturated rings. The minimum atomic E-state index is -0.655. The van der Waals surface area contributed by atoms with Crippen LogP contribution in [0.5, 0.6) is 0 Å². The fourth-order valence-electron chi connectivity index (χ4n) is 2.77. The number of aromatic nitrogens is 2. The van der Waals surface area contributed by atoms with E-state index in [1.807, 2.05) is 31.3 Å². The highest BCUT2D eigenvalue weighted by Gasteiger charge is 2.23. The van der Waals surface area contributed by atoms with Crippen LogP contribution in [0.1, 0.15) is 42.2 Å². The van der Waals surface area contributed by atoms with E-state index < -0.39 is 17.0 Å². The summed E-state index contributed by atoms with van der Waals surface area (Å²) < 4.78 is 2.21. The number of quaternary nitrogens is 1. The molecule has 7 nitrogen and oxygen atoms in total. The van der Waals surface area contributed by atoms with Crippen molar-refractivity contribution in [3.05, 3.63) is 61.3 Å². The molecule has 1 heterocycles. The SMILES string of the molecule is CCCn1c(N)c(C(=O)C[NH2+][C@@H](C)c2ccc(Cl)cc2)c(=O)n(C)c1=O. The van der Waals surface area contributed by atoms with Crippen molar-refractivity contribution in [2.75, 3.05) is 12.3 Å². The van der Waals surface area contributed by atoms with Gasteiger partial charge in [-0.15, -0.1) is 0 Å². The number of carbonyl (C=O) groups excluding carboxylic acids is 1. The summed E-state index contributed by atoms with van der Waals surface area (Å²) >= 11 is 5.88. The molecule has 0 bridgehead atoms. The van der Waals surface area contributed by atoms with Crippen LogP contribution in [-0.2, 0) is 13.6 Å². The molecule has 0 amide bonds. The van der Waals surface area contributed by atoms with Crippen LogP contribution in [0.15, 0.2) is 33.9 Å². The first kappa shape index (κ1) is 19.9. The molecule has 4 N–H and O–H groups in total. The number of halogens is 1. The molecule has 8 heteroatoms. The molecule has 0 radical (unpaired) electrons. The first-order valence-electron chi connectivity index (χ1n) is 8.49. The van der Waals surface area contributed by atoms with Crippen LogP contribution < -0.4 is 22.3 Å². The summed E-state index contributed by atoms with van der Waals surface area (Å²) in [5.74, 6) is -0.453. The van der Waals surface area contributed by atoms with Crippen LogP contribution in [0.25, 0.3) is 0 Å². The van der Waals surface area contributed by atoms with Gasteiger partial charge >= 0.3 is 5.69 Å². The number of carbonyl (C=O) groups is 1. The maximum atomic E-state index is 12.6. The second-order valence-corrected chi connectivity index (χ2v) is 6.70. The number of anilines is 1. The Bertz CT molecular complexity index is 916. The minimum absolute atomic E-state index is 0.00263. The van der Waals surface area contributed by atoms with Crippen LogP contribution >= 0.6 is 11.6 Å². The van der Waals surface area contributed by atoms with Gasteiger partial charge in [0.15, 0.2) is 0 Å². The van der Waals surface area contributed by atoms with E-state index in [0.29, 0.717) is 18.0 Å². The first-order valence-corrected chi connectivity index (χ1v) is 8.87. The number of benzene rings is 1. The third-order valence-corrected chi connectivity index (χ3v) is 4.61.